The van der Waals surface area contributed by atoms with Crippen LogP contribution >= 0.6 is 17.2 Å². The molecule has 0 N–H and O–H groups in total. The molecule has 0 unspecified atom stereocenters. The fourth-order valence-corrected chi connectivity index (χ4v) is 8.17. The molecule has 0 rings (SSSR count). The van der Waals surface area contributed by atoms with Crippen LogP contribution in [0.1, 0.15) is 111 Å². The van der Waals surface area contributed by atoms with Crippen LogP contribution in [0.25, 0.3) is 0 Å². The van der Waals surface area contributed by atoms with Crippen molar-refractivity contribution in [1.82, 2.24) is 0 Å². The van der Waals surface area contributed by atoms with Crippen LogP contribution in [0.3, 0.4) is 0 Å². The third kappa shape index (κ3) is 14.5. The van der Waals surface area contributed by atoms with E-state index in [1.165, 1.54) is 96.0 Å². The number of unbranched alkanes of at least 4 members (excludes halogenated alkanes) is 13. The summed E-state index contributed by atoms with van der Waals surface area (Å²) in [5.41, 5.74) is 0. The molecule has 0 saturated carbocycles. The third-order valence-electron chi connectivity index (χ3n) is 6.71. The number of halogens is 1. The first-order valence-corrected chi connectivity index (χ1v) is 16.3. The Morgan fingerprint density at radius 3 is 1.55 bits per heavy atom. The first kappa shape index (κ1) is 28.9. The van der Waals surface area contributed by atoms with Gasteiger partial charge in [0.25, 0.3) is 0 Å². The molecule has 0 bridgehead atoms. The van der Waals surface area contributed by atoms with Gasteiger partial charge < -0.3 is 0 Å². The summed E-state index contributed by atoms with van der Waals surface area (Å²) in [6.07, 6.45) is 24.6. The zero-order valence-corrected chi connectivity index (χ0v) is 21.5. The Morgan fingerprint density at radius 1 is 0.759 bits per heavy atom. The van der Waals surface area contributed by atoms with E-state index in [9.17, 15) is 4.79 Å². The third-order valence-corrected chi connectivity index (χ3v) is 15.1. The summed E-state index contributed by atoms with van der Waals surface area (Å²) in [5, 5.41) is 0. The Kier molecular flexibility index (Phi) is 17.6. The second-order valence-corrected chi connectivity index (χ2v) is 17.5. The Bertz CT molecular complexity index is 421. The molecule has 0 aliphatic heterocycles. The molecule has 0 aromatic carbocycles. The van der Waals surface area contributed by atoms with Gasteiger partial charge in [0.2, 0.25) is 0 Å². The van der Waals surface area contributed by atoms with Crippen molar-refractivity contribution in [1.29, 1.82) is 0 Å². The number of rotatable bonds is 21. The van der Waals surface area contributed by atoms with Crippen molar-refractivity contribution in [2.75, 3.05) is 31.3 Å². The number of hydrogen-bond acceptors (Lipinski definition) is 2. The van der Waals surface area contributed by atoms with Crippen LogP contribution in [0.15, 0.2) is 12.7 Å². The van der Waals surface area contributed by atoms with Crippen molar-refractivity contribution >= 4 is 23.2 Å². The Labute approximate surface area is 187 Å². The molecule has 4 heteroatoms. The molecule has 29 heavy (non-hydrogen) atoms. The van der Waals surface area contributed by atoms with E-state index in [0.717, 1.165) is 24.6 Å². The Balaban J connectivity index is 3.78. The first-order chi connectivity index (χ1) is 13.9. The molecule has 0 saturated heterocycles. The zero-order valence-electron chi connectivity index (χ0n) is 19.9. The van der Waals surface area contributed by atoms with Crippen molar-refractivity contribution in [2.24, 2.45) is 0 Å². The van der Waals surface area contributed by atoms with Crippen molar-refractivity contribution in [3.05, 3.63) is 12.7 Å². The van der Waals surface area contributed by atoms with Gasteiger partial charge in [-0.2, -0.15) is 0 Å². The van der Waals surface area contributed by atoms with Crippen molar-refractivity contribution in [3.63, 3.8) is 0 Å². The second kappa shape index (κ2) is 17.6. The second-order valence-electron chi connectivity index (χ2n) is 8.87. The average molecular weight is 449 g/mol. The standard InChI is InChI=1S/C25H50ClO2P/c1-5-9-10-11-12-13-14-15-16-17-18-19-20-21-23-29(26,7-3,8-4)24-22-28-25(27)6-2/h6H,2,5,7-24H2,1,3-4H3. The molecule has 0 aromatic heterocycles. The molecule has 0 atom stereocenters. The van der Waals surface area contributed by atoms with Crippen LogP contribution in [0, 0.1) is 0 Å². The number of ether oxygens (including phenoxy) is 1. The van der Waals surface area contributed by atoms with Crippen LogP contribution in [0.5, 0.6) is 0 Å². The number of carbonyl (C=O) groups excluding carboxylic acids is 1. The van der Waals surface area contributed by atoms with Gasteiger partial charge in [0.05, 0.1) is 0 Å². The molecule has 174 valence electrons. The fraction of sp³-hybridized carbons (Fsp3) is 0.880. The normalized spacial score (nSPS) is 13.0. The molecule has 0 radical (unpaired) electrons. The molecule has 0 aliphatic rings. The fourth-order valence-electron chi connectivity index (χ4n) is 4.10. The number of esters is 1. The smallest absolute Gasteiger partial charge is 0.0654 e. The number of hydrogen-bond donors (Lipinski definition) is 0. The van der Waals surface area contributed by atoms with Gasteiger partial charge in [-0.25, -0.2) is 0 Å². The Hall–Kier alpha value is -0.0700. The average Bonchev–Trinajstić information content (AvgIpc) is 2.74. The maximum absolute atomic E-state index is 11.3. The van der Waals surface area contributed by atoms with Gasteiger partial charge >= 0.3 is 161 Å². The van der Waals surface area contributed by atoms with Crippen molar-refractivity contribution in [3.8, 4) is 0 Å². The van der Waals surface area contributed by atoms with E-state index in [0.29, 0.717) is 6.61 Å². The van der Waals surface area contributed by atoms with Crippen molar-refractivity contribution in [2.45, 2.75) is 111 Å². The van der Waals surface area contributed by atoms with Crippen LogP contribution in [0.2, 0.25) is 0 Å². The van der Waals surface area contributed by atoms with Crippen LogP contribution in [-0.4, -0.2) is 37.2 Å². The molecular weight excluding hydrogens is 399 g/mol. The maximum atomic E-state index is 11.3. The monoisotopic (exact) mass is 448 g/mol. The van der Waals surface area contributed by atoms with Gasteiger partial charge in [0.1, 0.15) is 0 Å². The molecule has 0 aliphatic carbocycles. The summed E-state index contributed by atoms with van der Waals surface area (Å²) in [5.74, 6) is -2.58. The Morgan fingerprint density at radius 2 is 1.17 bits per heavy atom. The summed E-state index contributed by atoms with van der Waals surface area (Å²) >= 11 is 7.26. The topological polar surface area (TPSA) is 26.3 Å². The summed E-state index contributed by atoms with van der Waals surface area (Å²) < 4.78 is 5.23. The predicted molar refractivity (Wildman–Crippen MR) is 135 cm³/mol. The SMILES string of the molecule is C=CC(=O)OCCP(Cl)(CC)(CC)CCCCCCCCCCCCCCCC. The zero-order chi connectivity index (χ0) is 21.9. The summed E-state index contributed by atoms with van der Waals surface area (Å²) in [6, 6.07) is 0. The molecule has 2 nitrogen and oxygen atoms in total. The minimum Gasteiger partial charge on any atom is -0.0654 e. The molecule has 0 spiro atoms. The van der Waals surface area contributed by atoms with Crippen LogP contribution < -0.4 is 0 Å². The number of carbonyl (C=O) groups is 1. The summed E-state index contributed by atoms with van der Waals surface area (Å²) in [7, 11) is 0. The van der Waals surface area contributed by atoms with E-state index in [4.69, 9.17) is 16.0 Å². The molecule has 0 heterocycles. The summed E-state index contributed by atoms with van der Waals surface area (Å²) in [6.45, 7) is 10.6. The quantitative estimate of drug-likeness (QED) is 0.0757. The van der Waals surface area contributed by atoms with E-state index < -0.39 is 5.96 Å². The van der Waals surface area contributed by atoms with E-state index in [-0.39, 0.29) is 5.97 Å². The van der Waals surface area contributed by atoms with Gasteiger partial charge in [-0.3, -0.25) is 0 Å². The van der Waals surface area contributed by atoms with Crippen LogP contribution in [-0.2, 0) is 9.53 Å². The molecule has 0 amide bonds. The molecular formula is C25H50ClO2P. The predicted octanol–water partition coefficient (Wildman–Crippen LogP) is 8.94. The van der Waals surface area contributed by atoms with Gasteiger partial charge in [-0.15, -0.1) is 0 Å². The van der Waals surface area contributed by atoms with Crippen molar-refractivity contribution < 1.29 is 9.53 Å². The first-order valence-electron chi connectivity index (χ1n) is 12.4. The van der Waals surface area contributed by atoms with Gasteiger partial charge in [0.15, 0.2) is 0 Å². The van der Waals surface area contributed by atoms with E-state index in [2.05, 4.69) is 27.4 Å². The minimum absolute atomic E-state index is 0.338. The van der Waals surface area contributed by atoms with Gasteiger partial charge in [-0.1, -0.05) is 26.2 Å². The van der Waals surface area contributed by atoms with E-state index in [1.807, 2.05) is 0 Å². The van der Waals surface area contributed by atoms with Crippen LogP contribution in [0.4, 0.5) is 0 Å². The summed E-state index contributed by atoms with van der Waals surface area (Å²) in [4.78, 5) is 11.3. The molecule has 0 fully saturated rings. The van der Waals surface area contributed by atoms with E-state index in [1.54, 1.807) is 0 Å². The van der Waals surface area contributed by atoms with Gasteiger partial charge in [-0.05, 0) is 0 Å². The minimum atomic E-state index is -2.25. The molecule has 0 aromatic rings. The van der Waals surface area contributed by atoms with E-state index >= 15 is 0 Å². The van der Waals surface area contributed by atoms with Gasteiger partial charge in [0, 0.05) is 0 Å².